The standard InChI is InChI=1S/C53H56N2O14/c1-30-36(66-49(62)43(67-39-25-17-18-26-55(39)7)41(33-19-11-8-12-20-33)54-47(60)34-21-13-9-14-22-34)28-53(63)46(68-48(61)35-23-15-10-16-24-35)44-51(6,37(58)27-38-52(44,29-64-38)69-32(3)57)45(59)42(65-31(2)56)40(30)50(53,4)5/h8-26,36-38,41-44,46,58,63H,27-29H2,1-7H3/p+1/t36-,37-,38+,41-,42+,43+,44?,46-,51+,52-,53+/m0/s1. The van der Waals surface area contributed by atoms with E-state index in [1.807, 2.05) is 0 Å². The van der Waals surface area contributed by atoms with Crippen LogP contribution in [0.4, 0.5) is 0 Å². The van der Waals surface area contributed by atoms with Crippen molar-refractivity contribution in [3.05, 3.63) is 143 Å². The maximum absolute atomic E-state index is 15.7. The number of aliphatic hydroxyl groups is 2. The van der Waals surface area contributed by atoms with Crippen LogP contribution in [0.5, 0.6) is 5.88 Å². The third-order valence-corrected chi connectivity index (χ3v) is 14.7. The summed E-state index contributed by atoms with van der Waals surface area (Å²) < 4.78 is 39.3. The van der Waals surface area contributed by atoms with E-state index in [4.69, 9.17) is 28.4 Å². The molecule has 4 aromatic rings. The summed E-state index contributed by atoms with van der Waals surface area (Å²) in [6, 6.07) is 28.9. The number of carbonyl (C=O) groups is 6. The Balaban J connectivity index is 1.32. The first-order valence-electron chi connectivity index (χ1n) is 22.9. The first kappa shape index (κ1) is 48.7. The minimum absolute atomic E-state index is 0.0271. The number of ketones is 1. The summed E-state index contributed by atoms with van der Waals surface area (Å²) in [6.07, 6.45) is -8.35. The monoisotopic (exact) mass is 945 g/mol. The van der Waals surface area contributed by atoms with Gasteiger partial charge in [-0.1, -0.05) is 80.6 Å². The highest BCUT2D eigenvalue weighted by Gasteiger charge is 2.78. The number of nitrogens with one attached hydrogen (secondary N) is 1. The molecule has 3 N–H and O–H groups in total. The van der Waals surface area contributed by atoms with Crippen molar-refractivity contribution in [2.24, 2.45) is 23.8 Å². The number of benzene rings is 3. The molecule has 3 fully saturated rings. The van der Waals surface area contributed by atoms with Gasteiger partial charge in [0.25, 0.3) is 5.91 Å². The van der Waals surface area contributed by atoms with Crippen molar-refractivity contribution in [3.8, 4) is 5.88 Å². The number of pyridine rings is 1. The molecule has 1 aliphatic heterocycles. The predicted molar refractivity (Wildman–Crippen MR) is 244 cm³/mol. The summed E-state index contributed by atoms with van der Waals surface area (Å²) in [5, 5.41) is 29.2. The Morgan fingerprint density at radius 1 is 0.812 bits per heavy atom. The average molecular weight is 946 g/mol. The number of Topliss-reactive ketones (excluding diaryl/α,β-unsaturated/α-hetero) is 1. The molecule has 362 valence electrons. The number of nitrogens with zero attached hydrogens (tertiary/aromatic N) is 1. The van der Waals surface area contributed by atoms with Crippen molar-refractivity contribution in [3.63, 3.8) is 0 Å². The van der Waals surface area contributed by atoms with E-state index in [0.717, 1.165) is 6.92 Å². The molecular weight excluding hydrogens is 889 g/mol. The van der Waals surface area contributed by atoms with E-state index in [1.54, 1.807) is 136 Å². The lowest BCUT2D eigenvalue weighted by Crippen LogP contribution is -2.82. The predicted octanol–water partition coefficient (Wildman–Crippen LogP) is 4.65. The van der Waals surface area contributed by atoms with Crippen molar-refractivity contribution in [2.75, 3.05) is 6.61 Å². The first-order valence-corrected chi connectivity index (χ1v) is 22.9. The van der Waals surface area contributed by atoms with Gasteiger partial charge in [-0.15, -0.1) is 0 Å². The van der Waals surface area contributed by atoms with Crippen molar-refractivity contribution >= 4 is 35.6 Å². The van der Waals surface area contributed by atoms with Gasteiger partial charge in [-0.05, 0) is 60.9 Å². The molecule has 0 radical (unpaired) electrons. The molecule has 16 heteroatoms. The van der Waals surface area contributed by atoms with Crippen LogP contribution in [0.2, 0.25) is 0 Å². The Morgan fingerprint density at radius 3 is 2.00 bits per heavy atom. The molecular formula is C53H57N2O14+. The number of aryl methyl sites for hydroxylation is 1. The minimum Gasteiger partial charge on any atom is -0.455 e. The zero-order valence-corrected chi connectivity index (χ0v) is 39.5. The smallest absolute Gasteiger partial charge is 0.368 e. The van der Waals surface area contributed by atoms with Crippen LogP contribution in [0, 0.1) is 16.7 Å². The zero-order chi connectivity index (χ0) is 49.6. The van der Waals surface area contributed by atoms with E-state index in [-0.39, 0.29) is 35.6 Å². The number of aliphatic hydroxyl groups excluding tert-OH is 1. The Bertz CT molecular complexity index is 2680. The second-order valence-electron chi connectivity index (χ2n) is 19.1. The van der Waals surface area contributed by atoms with Crippen LogP contribution in [-0.4, -0.2) is 100 Å². The van der Waals surface area contributed by atoms with Gasteiger partial charge in [-0.3, -0.25) is 19.2 Å². The Hall–Kier alpha value is -6.75. The van der Waals surface area contributed by atoms with Crippen LogP contribution >= 0.6 is 0 Å². The van der Waals surface area contributed by atoms with Gasteiger partial charge in [0, 0.05) is 43.7 Å². The molecule has 0 spiro atoms. The van der Waals surface area contributed by atoms with Crippen molar-refractivity contribution in [1.82, 2.24) is 5.32 Å². The van der Waals surface area contributed by atoms with Gasteiger partial charge >= 0.3 is 29.8 Å². The van der Waals surface area contributed by atoms with Gasteiger partial charge < -0.3 is 44.0 Å². The number of hydrogen-bond acceptors (Lipinski definition) is 14. The van der Waals surface area contributed by atoms with Crippen LogP contribution in [0.3, 0.4) is 0 Å². The van der Waals surface area contributed by atoms with Crippen molar-refractivity contribution in [1.29, 1.82) is 0 Å². The summed E-state index contributed by atoms with van der Waals surface area (Å²) in [5.41, 5.74) is -6.80. The van der Waals surface area contributed by atoms with Gasteiger partial charge in [0.15, 0.2) is 23.7 Å². The number of hydrogen-bond donors (Lipinski definition) is 3. The molecule has 4 aliphatic rings. The summed E-state index contributed by atoms with van der Waals surface area (Å²) in [5.74, 6) is -6.29. The van der Waals surface area contributed by atoms with E-state index in [0.29, 0.717) is 11.1 Å². The van der Waals surface area contributed by atoms with Crippen LogP contribution in [0.1, 0.15) is 86.7 Å². The largest absolute Gasteiger partial charge is 0.455 e. The maximum Gasteiger partial charge on any atom is 0.368 e. The maximum atomic E-state index is 15.7. The molecule has 1 amide bonds. The molecule has 2 bridgehead atoms. The molecule has 3 aliphatic carbocycles. The number of amides is 1. The minimum atomic E-state index is -2.39. The SMILES string of the molecule is CC(=O)O[C@H]1C(=O)[C@@]2(C)C([C@H](OC(=O)c3ccccc3)[C@]3(O)C[C@H](OC(=O)[C@H](Oc4cccc[n+]4C)[C@@H](NC(=O)c4ccccc4)c4ccccc4)C(C)=C1C3(C)C)[C@]1(OC(C)=O)CO[C@@H]1C[C@@H]2O. The molecule has 16 nitrogen and oxygen atoms in total. The van der Waals surface area contributed by atoms with E-state index >= 15 is 9.59 Å². The number of aromatic nitrogens is 1. The van der Waals surface area contributed by atoms with E-state index in [2.05, 4.69) is 5.32 Å². The van der Waals surface area contributed by atoms with Crippen molar-refractivity contribution in [2.45, 2.75) is 108 Å². The van der Waals surface area contributed by atoms with Crippen LogP contribution in [-0.2, 0) is 49.9 Å². The first-order chi connectivity index (χ1) is 32.7. The Morgan fingerprint density at radius 2 is 1.42 bits per heavy atom. The highest BCUT2D eigenvalue weighted by atomic mass is 16.6. The number of esters is 4. The molecule has 11 atom stereocenters. The fourth-order valence-electron chi connectivity index (χ4n) is 11.0. The van der Waals surface area contributed by atoms with Crippen LogP contribution in [0.25, 0.3) is 0 Å². The van der Waals surface area contributed by atoms with Gasteiger partial charge in [-0.2, -0.15) is 4.57 Å². The van der Waals surface area contributed by atoms with E-state index < -0.39 is 113 Å². The molecule has 1 unspecified atom stereocenters. The van der Waals surface area contributed by atoms with Gasteiger partial charge in [0.2, 0.25) is 6.10 Å². The summed E-state index contributed by atoms with van der Waals surface area (Å²) in [6.45, 7) is 8.17. The van der Waals surface area contributed by atoms with E-state index in [1.165, 1.54) is 26.0 Å². The highest BCUT2D eigenvalue weighted by Crippen LogP contribution is 2.64. The van der Waals surface area contributed by atoms with Crippen molar-refractivity contribution < 1.29 is 72.0 Å². The Kier molecular flexibility index (Phi) is 13.1. The number of carbonyl (C=O) groups excluding carboxylic acids is 6. The fourth-order valence-corrected chi connectivity index (χ4v) is 11.0. The molecule has 3 aromatic carbocycles. The average Bonchev–Trinajstić information content (AvgIpc) is 3.32. The quantitative estimate of drug-likeness (QED) is 0.0764. The lowest BCUT2D eigenvalue weighted by atomic mass is 9.44. The van der Waals surface area contributed by atoms with Gasteiger partial charge in [0.1, 0.15) is 37.0 Å². The topological polar surface area (TPSA) is 214 Å². The zero-order valence-electron chi connectivity index (χ0n) is 39.5. The molecule has 2 saturated carbocycles. The lowest BCUT2D eigenvalue weighted by molar-refractivity contribution is -0.677. The number of ether oxygens (including phenoxy) is 6. The molecule has 2 heterocycles. The summed E-state index contributed by atoms with van der Waals surface area (Å²) >= 11 is 0. The Labute approximate surface area is 399 Å². The second kappa shape index (κ2) is 18.6. The second-order valence-corrected chi connectivity index (χ2v) is 19.1. The van der Waals surface area contributed by atoms with Crippen LogP contribution in [0.15, 0.2) is 127 Å². The van der Waals surface area contributed by atoms with Gasteiger partial charge in [-0.25, -0.2) is 9.59 Å². The summed E-state index contributed by atoms with van der Waals surface area (Å²) in [7, 11) is 1.71. The summed E-state index contributed by atoms with van der Waals surface area (Å²) in [4.78, 5) is 85.9. The third kappa shape index (κ3) is 8.48. The van der Waals surface area contributed by atoms with Crippen LogP contribution < -0.4 is 14.6 Å². The number of fused-ring (bicyclic) bond motifs is 5. The molecule has 8 rings (SSSR count). The van der Waals surface area contributed by atoms with E-state index in [9.17, 15) is 29.4 Å². The molecule has 69 heavy (non-hydrogen) atoms. The fraction of sp³-hybridized carbons (Fsp3) is 0.415. The highest BCUT2D eigenvalue weighted by molar-refractivity contribution is 5.96. The van der Waals surface area contributed by atoms with Gasteiger partial charge in [0.05, 0.1) is 35.7 Å². The number of rotatable bonds is 12. The normalized spacial score (nSPS) is 29.7. The lowest BCUT2D eigenvalue weighted by Gasteiger charge is -2.67. The molecule has 1 aromatic heterocycles. The third-order valence-electron chi connectivity index (χ3n) is 14.7. The molecule has 1 saturated heterocycles.